The van der Waals surface area contributed by atoms with E-state index >= 15 is 0 Å². The predicted molar refractivity (Wildman–Crippen MR) is 74.4 cm³/mol. The molecular formula is C14H21N3O. The summed E-state index contributed by atoms with van der Waals surface area (Å²) in [6.07, 6.45) is 0.503. The number of amidine groups is 1. The van der Waals surface area contributed by atoms with Crippen molar-refractivity contribution in [2.24, 2.45) is 5.73 Å². The molecule has 4 heteroatoms. The van der Waals surface area contributed by atoms with Crippen LogP contribution in [-0.2, 0) is 4.74 Å². The minimum absolute atomic E-state index is 0.128. The maximum Gasteiger partial charge on any atom is 0.123 e. The van der Waals surface area contributed by atoms with Gasteiger partial charge in [0.2, 0.25) is 0 Å². The van der Waals surface area contributed by atoms with Crippen LogP contribution in [0.4, 0.5) is 5.69 Å². The molecule has 1 saturated heterocycles. The van der Waals surface area contributed by atoms with Gasteiger partial charge in [-0.15, -0.1) is 0 Å². The predicted octanol–water partition coefficient (Wildman–Crippen LogP) is 1.89. The zero-order chi connectivity index (χ0) is 13.3. The van der Waals surface area contributed by atoms with Crippen LogP contribution in [0.15, 0.2) is 18.2 Å². The number of hydrogen-bond donors (Lipinski definition) is 2. The van der Waals surface area contributed by atoms with Gasteiger partial charge >= 0.3 is 0 Å². The SMILES string of the molecule is Cc1cc(N2C[C@@H](C)O[C@@H](C)C2)ccc1C(=N)N. The second-order valence-corrected chi connectivity index (χ2v) is 5.08. The zero-order valence-corrected chi connectivity index (χ0v) is 11.2. The molecule has 0 radical (unpaired) electrons. The Hall–Kier alpha value is -1.55. The highest BCUT2D eigenvalue weighted by atomic mass is 16.5. The summed E-state index contributed by atoms with van der Waals surface area (Å²) >= 11 is 0. The molecule has 0 aliphatic carbocycles. The number of anilines is 1. The van der Waals surface area contributed by atoms with Crippen LogP contribution in [0.1, 0.15) is 25.0 Å². The Bertz CT molecular complexity index is 448. The van der Waals surface area contributed by atoms with Crippen LogP contribution in [0.25, 0.3) is 0 Å². The summed E-state index contributed by atoms with van der Waals surface area (Å²) in [4.78, 5) is 2.33. The van der Waals surface area contributed by atoms with E-state index in [9.17, 15) is 0 Å². The summed E-state index contributed by atoms with van der Waals surface area (Å²) in [5, 5.41) is 7.50. The molecule has 1 aliphatic heterocycles. The first kappa shape index (κ1) is 12.9. The molecule has 98 valence electrons. The van der Waals surface area contributed by atoms with Gasteiger partial charge in [0.15, 0.2) is 0 Å². The fraction of sp³-hybridized carbons (Fsp3) is 0.500. The largest absolute Gasteiger partial charge is 0.384 e. The van der Waals surface area contributed by atoms with Gasteiger partial charge in [-0.25, -0.2) is 0 Å². The van der Waals surface area contributed by atoms with E-state index in [0.717, 1.165) is 24.2 Å². The van der Waals surface area contributed by atoms with Crippen LogP contribution in [0.5, 0.6) is 0 Å². The molecule has 0 aromatic heterocycles. The minimum atomic E-state index is 0.128. The summed E-state index contributed by atoms with van der Waals surface area (Å²) in [6, 6.07) is 6.06. The Balaban J connectivity index is 2.23. The molecule has 1 aromatic carbocycles. The molecule has 3 N–H and O–H groups in total. The highest BCUT2D eigenvalue weighted by molar-refractivity contribution is 5.96. The van der Waals surface area contributed by atoms with Gasteiger partial charge in [0.1, 0.15) is 5.84 Å². The van der Waals surface area contributed by atoms with Crippen molar-refractivity contribution < 1.29 is 4.74 Å². The lowest BCUT2D eigenvalue weighted by Crippen LogP contribution is -2.45. The van der Waals surface area contributed by atoms with E-state index in [1.165, 1.54) is 5.69 Å². The van der Waals surface area contributed by atoms with Crippen LogP contribution in [-0.4, -0.2) is 31.1 Å². The molecule has 4 nitrogen and oxygen atoms in total. The Morgan fingerprint density at radius 3 is 2.44 bits per heavy atom. The average Bonchev–Trinajstić information content (AvgIpc) is 2.26. The van der Waals surface area contributed by atoms with Crippen molar-refractivity contribution in [3.05, 3.63) is 29.3 Å². The number of hydrogen-bond acceptors (Lipinski definition) is 3. The summed E-state index contributed by atoms with van der Waals surface area (Å²) in [5.74, 6) is 0.128. The Morgan fingerprint density at radius 1 is 1.33 bits per heavy atom. The Morgan fingerprint density at radius 2 is 1.94 bits per heavy atom. The second kappa shape index (κ2) is 4.98. The fourth-order valence-corrected chi connectivity index (χ4v) is 2.54. The van der Waals surface area contributed by atoms with Crippen molar-refractivity contribution in [3.63, 3.8) is 0 Å². The number of nitrogen functional groups attached to an aromatic ring is 1. The monoisotopic (exact) mass is 247 g/mol. The van der Waals surface area contributed by atoms with Crippen LogP contribution in [0.2, 0.25) is 0 Å². The highest BCUT2D eigenvalue weighted by Crippen LogP contribution is 2.23. The molecule has 0 unspecified atom stereocenters. The van der Waals surface area contributed by atoms with Crippen molar-refractivity contribution in [1.82, 2.24) is 0 Å². The number of benzene rings is 1. The van der Waals surface area contributed by atoms with Gasteiger partial charge < -0.3 is 15.4 Å². The molecule has 0 amide bonds. The maximum atomic E-state index is 7.50. The lowest BCUT2D eigenvalue weighted by Gasteiger charge is -2.37. The van der Waals surface area contributed by atoms with Crippen LogP contribution >= 0.6 is 0 Å². The van der Waals surface area contributed by atoms with E-state index in [1.54, 1.807) is 0 Å². The third-order valence-electron chi connectivity index (χ3n) is 3.28. The molecule has 1 aromatic rings. The van der Waals surface area contributed by atoms with Crippen molar-refractivity contribution in [2.75, 3.05) is 18.0 Å². The summed E-state index contributed by atoms with van der Waals surface area (Å²) < 4.78 is 5.73. The first-order valence-corrected chi connectivity index (χ1v) is 6.33. The van der Waals surface area contributed by atoms with E-state index in [0.29, 0.717) is 0 Å². The van der Waals surface area contributed by atoms with Gasteiger partial charge in [0.05, 0.1) is 12.2 Å². The van der Waals surface area contributed by atoms with E-state index < -0.39 is 0 Å². The minimum Gasteiger partial charge on any atom is -0.384 e. The molecule has 2 atom stereocenters. The van der Waals surface area contributed by atoms with E-state index in [1.807, 2.05) is 19.1 Å². The molecule has 0 saturated carbocycles. The molecular weight excluding hydrogens is 226 g/mol. The molecule has 18 heavy (non-hydrogen) atoms. The molecule has 0 spiro atoms. The number of ether oxygens (including phenoxy) is 1. The smallest absolute Gasteiger partial charge is 0.123 e. The van der Waals surface area contributed by atoms with Crippen LogP contribution in [0.3, 0.4) is 0 Å². The van der Waals surface area contributed by atoms with Crippen LogP contribution < -0.4 is 10.6 Å². The highest BCUT2D eigenvalue weighted by Gasteiger charge is 2.22. The standard InChI is InChI=1S/C14H21N3O/c1-9-6-12(4-5-13(9)14(15)16)17-7-10(2)18-11(3)8-17/h4-6,10-11H,7-8H2,1-3H3,(H3,15,16)/t10-,11+. The number of nitrogens with two attached hydrogens (primary N) is 1. The number of nitrogens with zero attached hydrogens (tertiary/aromatic N) is 1. The Kier molecular flexibility index (Phi) is 3.57. The van der Waals surface area contributed by atoms with Crippen molar-refractivity contribution in [2.45, 2.75) is 33.0 Å². The molecule has 1 fully saturated rings. The molecule has 2 rings (SSSR count). The molecule has 0 bridgehead atoms. The summed E-state index contributed by atoms with van der Waals surface area (Å²) in [7, 11) is 0. The normalized spacial score (nSPS) is 24.1. The van der Waals surface area contributed by atoms with Gasteiger partial charge in [-0.05, 0) is 44.5 Å². The molecule has 1 heterocycles. The second-order valence-electron chi connectivity index (χ2n) is 5.08. The van der Waals surface area contributed by atoms with Gasteiger partial charge in [0, 0.05) is 24.3 Å². The maximum absolute atomic E-state index is 7.50. The van der Waals surface area contributed by atoms with Crippen molar-refractivity contribution in [3.8, 4) is 0 Å². The van der Waals surface area contributed by atoms with Crippen molar-refractivity contribution in [1.29, 1.82) is 5.41 Å². The first-order chi connectivity index (χ1) is 8.47. The summed E-state index contributed by atoms with van der Waals surface area (Å²) in [6.45, 7) is 8.00. The Labute approximate surface area is 108 Å². The van der Waals surface area contributed by atoms with E-state index in [2.05, 4.69) is 24.8 Å². The average molecular weight is 247 g/mol. The van der Waals surface area contributed by atoms with Crippen molar-refractivity contribution >= 4 is 11.5 Å². The number of rotatable bonds is 2. The van der Waals surface area contributed by atoms with Gasteiger partial charge in [0.25, 0.3) is 0 Å². The number of aryl methyl sites for hydroxylation is 1. The zero-order valence-electron chi connectivity index (χ0n) is 11.2. The lowest BCUT2D eigenvalue weighted by atomic mass is 10.1. The van der Waals surface area contributed by atoms with Gasteiger partial charge in [-0.3, -0.25) is 5.41 Å². The third kappa shape index (κ3) is 2.64. The van der Waals surface area contributed by atoms with E-state index in [4.69, 9.17) is 15.9 Å². The number of nitrogens with one attached hydrogen (secondary N) is 1. The van der Waals surface area contributed by atoms with Gasteiger partial charge in [-0.2, -0.15) is 0 Å². The van der Waals surface area contributed by atoms with Crippen LogP contribution in [0, 0.1) is 12.3 Å². The van der Waals surface area contributed by atoms with Gasteiger partial charge in [-0.1, -0.05) is 0 Å². The fourth-order valence-electron chi connectivity index (χ4n) is 2.54. The topological polar surface area (TPSA) is 62.3 Å². The summed E-state index contributed by atoms with van der Waals surface area (Å²) in [5.41, 5.74) is 8.58. The molecule has 1 aliphatic rings. The first-order valence-electron chi connectivity index (χ1n) is 6.33. The third-order valence-corrected chi connectivity index (χ3v) is 3.28. The quantitative estimate of drug-likeness (QED) is 0.619. The van der Waals surface area contributed by atoms with E-state index in [-0.39, 0.29) is 18.0 Å². The number of morpholine rings is 1. The lowest BCUT2D eigenvalue weighted by molar-refractivity contribution is -0.00522.